The third-order valence-corrected chi connectivity index (χ3v) is 3.43. The molecule has 1 fully saturated rings. The number of rotatable bonds is 6. The van der Waals surface area contributed by atoms with Crippen molar-refractivity contribution >= 4 is 28.9 Å². The summed E-state index contributed by atoms with van der Waals surface area (Å²) in [4.78, 5) is 35.5. The van der Waals surface area contributed by atoms with Crippen LogP contribution in [-0.2, 0) is 14.3 Å². The highest BCUT2D eigenvalue weighted by molar-refractivity contribution is 6.21. The van der Waals surface area contributed by atoms with E-state index in [9.17, 15) is 19.7 Å². The monoisotopic (exact) mass is 307 g/mol. The number of methoxy groups -OCH3 is 1. The van der Waals surface area contributed by atoms with E-state index in [1.54, 1.807) is 6.92 Å². The highest BCUT2D eigenvalue weighted by Crippen LogP contribution is 2.33. The van der Waals surface area contributed by atoms with E-state index in [0.717, 1.165) is 4.90 Å². The Kier molecular flexibility index (Phi) is 4.71. The minimum atomic E-state index is -0.549. The van der Waals surface area contributed by atoms with Crippen LogP contribution in [0.3, 0.4) is 0 Å². The number of amides is 2. The lowest BCUT2D eigenvalue weighted by atomic mass is 10.1. The lowest BCUT2D eigenvalue weighted by Crippen LogP contribution is -2.30. The highest BCUT2D eigenvalue weighted by Gasteiger charge is 2.37. The van der Waals surface area contributed by atoms with Gasteiger partial charge in [-0.2, -0.15) is 0 Å². The predicted octanol–water partition coefficient (Wildman–Crippen LogP) is 1.55. The highest BCUT2D eigenvalue weighted by atomic mass is 16.6. The van der Waals surface area contributed by atoms with E-state index in [0.29, 0.717) is 18.8 Å². The molecule has 1 saturated heterocycles. The topological polar surface area (TPSA) is 102 Å². The van der Waals surface area contributed by atoms with Crippen LogP contribution in [0.2, 0.25) is 0 Å². The fraction of sp³-hybridized carbons (Fsp3) is 0.429. The molecular formula is C14H17N3O5. The maximum absolute atomic E-state index is 12.0. The molecule has 1 aromatic carbocycles. The number of nitro groups is 1. The summed E-state index contributed by atoms with van der Waals surface area (Å²) in [5.41, 5.74) is 0.357. The number of carbonyl (C=O) groups is 2. The number of hydrogen-bond donors (Lipinski definition) is 1. The van der Waals surface area contributed by atoms with Crippen LogP contribution in [0, 0.1) is 16.0 Å². The number of hydrogen-bond acceptors (Lipinski definition) is 6. The number of nitrogens with zero attached hydrogens (tertiary/aromatic N) is 2. The van der Waals surface area contributed by atoms with Crippen LogP contribution in [0.1, 0.15) is 13.3 Å². The second-order valence-electron chi connectivity index (χ2n) is 5.05. The molecule has 1 aromatic rings. The minimum absolute atomic E-state index is 0.125. The fourth-order valence-corrected chi connectivity index (χ4v) is 2.30. The Morgan fingerprint density at radius 2 is 2.18 bits per heavy atom. The van der Waals surface area contributed by atoms with E-state index in [1.807, 2.05) is 0 Å². The number of anilines is 2. The Morgan fingerprint density at radius 3 is 2.73 bits per heavy atom. The first kappa shape index (κ1) is 15.9. The fourth-order valence-electron chi connectivity index (χ4n) is 2.30. The van der Waals surface area contributed by atoms with Gasteiger partial charge in [-0.1, -0.05) is 6.92 Å². The molecule has 1 aliphatic heterocycles. The first-order chi connectivity index (χ1) is 10.5. The van der Waals surface area contributed by atoms with Crippen LogP contribution < -0.4 is 10.2 Å². The van der Waals surface area contributed by atoms with Crippen LogP contribution in [0.25, 0.3) is 0 Å². The summed E-state index contributed by atoms with van der Waals surface area (Å²) >= 11 is 0. The molecule has 0 aromatic heterocycles. The predicted molar refractivity (Wildman–Crippen MR) is 79.7 cm³/mol. The van der Waals surface area contributed by atoms with Crippen LogP contribution in [0.5, 0.6) is 0 Å². The van der Waals surface area contributed by atoms with Crippen molar-refractivity contribution in [2.24, 2.45) is 5.92 Å². The molecular weight excluding hydrogens is 290 g/mol. The quantitative estimate of drug-likeness (QED) is 0.370. The molecule has 0 radical (unpaired) electrons. The van der Waals surface area contributed by atoms with E-state index in [1.165, 1.54) is 25.3 Å². The molecule has 0 bridgehead atoms. The number of carbonyl (C=O) groups excluding carboxylic acids is 2. The lowest BCUT2D eigenvalue weighted by molar-refractivity contribution is -0.383. The Balaban J connectivity index is 2.31. The Bertz CT molecular complexity index is 616. The van der Waals surface area contributed by atoms with Crippen LogP contribution in [-0.4, -0.2) is 37.0 Å². The molecule has 118 valence electrons. The summed E-state index contributed by atoms with van der Waals surface area (Å²) in [5, 5.41) is 14.1. The van der Waals surface area contributed by atoms with Crippen molar-refractivity contribution in [1.82, 2.24) is 0 Å². The zero-order valence-electron chi connectivity index (χ0n) is 12.4. The average molecular weight is 307 g/mol. The number of nitro benzene ring substituents is 1. The SMILES string of the molecule is COCCNc1ccc(N2C(=O)C[C@@H](C)C2=O)cc1[N+](=O)[O-]. The maximum Gasteiger partial charge on any atom is 0.294 e. The van der Waals surface area contributed by atoms with E-state index in [4.69, 9.17) is 4.74 Å². The van der Waals surface area contributed by atoms with Crippen LogP contribution in [0.4, 0.5) is 17.1 Å². The third kappa shape index (κ3) is 3.06. The van der Waals surface area contributed by atoms with Gasteiger partial charge in [0.25, 0.3) is 5.69 Å². The summed E-state index contributed by atoms with van der Waals surface area (Å²) in [6.07, 6.45) is 0.125. The number of ether oxygens (including phenoxy) is 1. The van der Waals surface area contributed by atoms with Crippen LogP contribution >= 0.6 is 0 Å². The molecule has 0 aliphatic carbocycles. The largest absolute Gasteiger partial charge is 0.383 e. The van der Waals surface area contributed by atoms with Gasteiger partial charge in [-0.05, 0) is 12.1 Å². The summed E-state index contributed by atoms with van der Waals surface area (Å²) in [6.45, 7) is 2.48. The first-order valence-corrected chi connectivity index (χ1v) is 6.83. The molecule has 1 heterocycles. The molecule has 1 N–H and O–H groups in total. The van der Waals surface area contributed by atoms with Crippen molar-refractivity contribution < 1.29 is 19.2 Å². The van der Waals surface area contributed by atoms with Crippen molar-refractivity contribution in [2.45, 2.75) is 13.3 Å². The molecule has 8 heteroatoms. The Labute approximate surface area is 127 Å². The van der Waals surface area contributed by atoms with Crippen molar-refractivity contribution in [1.29, 1.82) is 0 Å². The van der Waals surface area contributed by atoms with E-state index in [2.05, 4.69) is 5.32 Å². The Morgan fingerprint density at radius 1 is 1.45 bits per heavy atom. The van der Waals surface area contributed by atoms with Crippen molar-refractivity contribution in [3.63, 3.8) is 0 Å². The van der Waals surface area contributed by atoms with Gasteiger partial charge in [0.2, 0.25) is 11.8 Å². The summed E-state index contributed by atoms with van der Waals surface area (Å²) < 4.78 is 4.88. The number of nitrogens with one attached hydrogen (secondary N) is 1. The van der Waals surface area contributed by atoms with Crippen molar-refractivity contribution in [2.75, 3.05) is 30.5 Å². The normalized spacial score (nSPS) is 17.9. The standard InChI is InChI=1S/C14H17N3O5/c1-9-7-13(18)16(14(9)19)10-3-4-11(15-5-6-22-2)12(8-10)17(20)21/h3-4,8-9,15H,5-7H2,1-2H3/t9-/m1/s1. The van der Waals surface area contributed by atoms with Gasteiger partial charge in [0, 0.05) is 32.1 Å². The van der Waals surface area contributed by atoms with Gasteiger partial charge < -0.3 is 10.1 Å². The molecule has 0 unspecified atom stereocenters. The zero-order chi connectivity index (χ0) is 16.3. The molecule has 2 amide bonds. The van der Waals surface area contributed by atoms with Gasteiger partial charge in [0.15, 0.2) is 0 Å². The molecule has 0 saturated carbocycles. The smallest absolute Gasteiger partial charge is 0.294 e. The number of imide groups is 1. The first-order valence-electron chi connectivity index (χ1n) is 6.83. The third-order valence-electron chi connectivity index (χ3n) is 3.43. The average Bonchev–Trinajstić information content (AvgIpc) is 2.73. The molecule has 22 heavy (non-hydrogen) atoms. The number of benzene rings is 1. The van der Waals surface area contributed by atoms with Gasteiger partial charge in [-0.15, -0.1) is 0 Å². The van der Waals surface area contributed by atoms with Gasteiger partial charge in [0.05, 0.1) is 17.2 Å². The molecule has 2 rings (SSSR count). The summed E-state index contributed by atoms with van der Waals surface area (Å²) in [7, 11) is 1.53. The lowest BCUT2D eigenvalue weighted by Gasteiger charge is -2.15. The van der Waals surface area contributed by atoms with Crippen molar-refractivity contribution in [3.05, 3.63) is 28.3 Å². The second kappa shape index (κ2) is 6.52. The van der Waals surface area contributed by atoms with Crippen molar-refractivity contribution in [3.8, 4) is 0 Å². The van der Waals surface area contributed by atoms with Crippen LogP contribution in [0.15, 0.2) is 18.2 Å². The van der Waals surface area contributed by atoms with Gasteiger partial charge >= 0.3 is 0 Å². The summed E-state index contributed by atoms with van der Waals surface area (Å²) in [5.74, 6) is -1.07. The zero-order valence-corrected chi connectivity index (χ0v) is 12.4. The minimum Gasteiger partial charge on any atom is -0.383 e. The van der Waals surface area contributed by atoms with E-state index < -0.39 is 10.8 Å². The maximum atomic E-state index is 12.0. The van der Waals surface area contributed by atoms with E-state index >= 15 is 0 Å². The van der Waals surface area contributed by atoms with Gasteiger partial charge in [-0.25, -0.2) is 0 Å². The van der Waals surface area contributed by atoms with E-state index in [-0.39, 0.29) is 29.6 Å². The molecule has 1 atom stereocenters. The van der Waals surface area contributed by atoms with Gasteiger partial charge in [-0.3, -0.25) is 24.6 Å². The second-order valence-corrected chi connectivity index (χ2v) is 5.05. The Hall–Kier alpha value is -2.48. The molecule has 1 aliphatic rings. The molecule has 8 nitrogen and oxygen atoms in total. The molecule has 0 spiro atoms. The summed E-state index contributed by atoms with van der Waals surface area (Å²) in [6, 6.07) is 4.26. The van der Waals surface area contributed by atoms with Gasteiger partial charge in [0.1, 0.15) is 5.69 Å².